The summed E-state index contributed by atoms with van der Waals surface area (Å²) >= 11 is 3.36. The van der Waals surface area contributed by atoms with Crippen molar-refractivity contribution >= 4 is 33.5 Å². The highest BCUT2D eigenvalue weighted by Gasteiger charge is 2.18. The summed E-state index contributed by atoms with van der Waals surface area (Å²) in [5.74, 6) is -1.59. The molecule has 6 heteroatoms. The number of carbonyl (C=O) groups is 2. The number of carboxylic acid groups (broad SMARTS) is 1. The molecule has 1 aromatic rings. The second-order valence-corrected chi connectivity index (χ2v) is 5.02. The molecule has 1 amide bonds. The molecule has 0 bridgehead atoms. The highest BCUT2D eigenvalue weighted by Crippen LogP contribution is 2.25. The Bertz CT molecular complexity index is 465. The van der Waals surface area contributed by atoms with E-state index in [4.69, 9.17) is 10.8 Å². The van der Waals surface area contributed by atoms with Gasteiger partial charge in [0, 0.05) is 10.2 Å². The third-order valence-electron chi connectivity index (χ3n) is 2.48. The number of aryl methyl sites for hydroxylation is 2. The largest absolute Gasteiger partial charge is 0.481 e. The number of aliphatic carboxylic acids is 1. The van der Waals surface area contributed by atoms with Crippen molar-refractivity contribution in [2.24, 2.45) is 5.73 Å². The zero-order valence-corrected chi connectivity index (χ0v) is 11.7. The van der Waals surface area contributed by atoms with E-state index >= 15 is 0 Å². The Hall–Kier alpha value is -1.40. The van der Waals surface area contributed by atoms with Crippen LogP contribution < -0.4 is 11.1 Å². The van der Waals surface area contributed by atoms with Crippen molar-refractivity contribution in [1.29, 1.82) is 0 Å². The van der Waals surface area contributed by atoms with Crippen LogP contribution in [0.4, 0.5) is 5.69 Å². The molecule has 0 saturated carbocycles. The highest BCUT2D eigenvalue weighted by molar-refractivity contribution is 9.10. The highest BCUT2D eigenvalue weighted by atomic mass is 79.9. The maximum atomic E-state index is 11.7. The Kier molecular flexibility index (Phi) is 4.86. The van der Waals surface area contributed by atoms with Gasteiger partial charge in [-0.25, -0.2) is 0 Å². The molecule has 1 rings (SSSR count). The van der Waals surface area contributed by atoms with E-state index in [1.54, 1.807) is 0 Å². The Labute approximate surface area is 113 Å². The number of halogens is 1. The molecule has 0 saturated heterocycles. The van der Waals surface area contributed by atoms with Gasteiger partial charge in [0.15, 0.2) is 0 Å². The predicted octanol–water partition coefficient (Wildman–Crippen LogP) is 1.81. The Balaban J connectivity index is 2.85. The van der Waals surface area contributed by atoms with Gasteiger partial charge >= 0.3 is 5.97 Å². The topological polar surface area (TPSA) is 92.4 Å². The second kappa shape index (κ2) is 5.97. The Morgan fingerprint density at radius 1 is 1.39 bits per heavy atom. The molecule has 18 heavy (non-hydrogen) atoms. The molecule has 0 heterocycles. The fourth-order valence-corrected chi connectivity index (χ4v) is 2.29. The molecule has 98 valence electrons. The number of nitrogens with two attached hydrogens (primary N) is 1. The summed E-state index contributed by atoms with van der Waals surface area (Å²) in [6, 6.07) is 2.68. The van der Waals surface area contributed by atoms with E-state index in [9.17, 15) is 9.59 Å². The van der Waals surface area contributed by atoms with Crippen LogP contribution in [0, 0.1) is 13.8 Å². The van der Waals surface area contributed by atoms with Crippen LogP contribution in [0.3, 0.4) is 0 Å². The molecule has 4 N–H and O–H groups in total. The van der Waals surface area contributed by atoms with Gasteiger partial charge in [0.1, 0.15) is 0 Å². The number of hydrogen-bond donors (Lipinski definition) is 3. The molecule has 0 aromatic heterocycles. The third kappa shape index (κ3) is 3.82. The average molecular weight is 315 g/mol. The van der Waals surface area contributed by atoms with Crippen LogP contribution >= 0.6 is 15.9 Å². The molecule has 0 aliphatic carbocycles. The Morgan fingerprint density at radius 2 is 1.89 bits per heavy atom. The zero-order chi connectivity index (χ0) is 13.9. The minimum absolute atomic E-state index is 0.388. The second-order valence-electron chi connectivity index (χ2n) is 4.11. The van der Waals surface area contributed by atoms with Gasteiger partial charge in [-0.3, -0.25) is 9.59 Å². The lowest BCUT2D eigenvalue weighted by atomic mass is 10.1. The maximum absolute atomic E-state index is 11.7. The lowest BCUT2D eigenvalue weighted by molar-refractivity contribution is -0.138. The number of amides is 1. The molecule has 0 fully saturated rings. The molecule has 0 spiro atoms. The molecular weight excluding hydrogens is 300 g/mol. The van der Waals surface area contributed by atoms with Crippen LogP contribution in [0.5, 0.6) is 0 Å². The van der Waals surface area contributed by atoms with Crippen LogP contribution in [0.15, 0.2) is 16.6 Å². The number of anilines is 1. The smallest absolute Gasteiger partial charge is 0.305 e. The van der Waals surface area contributed by atoms with Crippen molar-refractivity contribution in [3.63, 3.8) is 0 Å². The molecule has 1 unspecified atom stereocenters. The van der Waals surface area contributed by atoms with Gasteiger partial charge in [-0.15, -0.1) is 0 Å². The van der Waals surface area contributed by atoms with Gasteiger partial charge in [0.25, 0.3) is 0 Å². The number of carbonyl (C=O) groups excluding carboxylic acids is 1. The van der Waals surface area contributed by atoms with E-state index in [1.165, 1.54) is 0 Å². The van der Waals surface area contributed by atoms with Crippen LogP contribution in [-0.2, 0) is 9.59 Å². The third-order valence-corrected chi connectivity index (χ3v) is 2.93. The van der Waals surface area contributed by atoms with E-state index in [2.05, 4.69) is 21.2 Å². The number of hydrogen-bond acceptors (Lipinski definition) is 3. The predicted molar refractivity (Wildman–Crippen MR) is 72.5 cm³/mol. The van der Waals surface area contributed by atoms with E-state index in [-0.39, 0.29) is 6.42 Å². The molecule has 1 aromatic carbocycles. The lowest BCUT2D eigenvalue weighted by Crippen LogP contribution is -2.37. The van der Waals surface area contributed by atoms with Crippen molar-refractivity contribution in [3.05, 3.63) is 27.7 Å². The fourth-order valence-electron chi connectivity index (χ4n) is 1.60. The number of rotatable bonds is 4. The van der Waals surface area contributed by atoms with Crippen molar-refractivity contribution in [2.75, 3.05) is 5.32 Å². The van der Waals surface area contributed by atoms with Crippen molar-refractivity contribution < 1.29 is 14.7 Å². The first kappa shape index (κ1) is 14.7. The summed E-state index contributed by atoms with van der Waals surface area (Å²) in [7, 11) is 0. The van der Waals surface area contributed by atoms with Crippen LogP contribution in [-0.4, -0.2) is 23.0 Å². The lowest BCUT2D eigenvalue weighted by Gasteiger charge is -2.15. The quantitative estimate of drug-likeness (QED) is 0.790. The molecule has 1 atom stereocenters. The van der Waals surface area contributed by atoms with Gasteiger partial charge in [0.05, 0.1) is 12.5 Å². The molecular formula is C12H15BrN2O3. The van der Waals surface area contributed by atoms with Gasteiger partial charge < -0.3 is 16.2 Å². The average Bonchev–Trinajstić information content (AvgIpc) is 2.21. The summed E-state index contributed by atoms with van der Waals surface area (Å²) in [4.78, 5) is 22.2. The minimum atomic E-state index is -1.10. The normalized spacial score (nSPS) is 12.0. The van der Waals surface area contributed by atoms with Crippen molar-refractivity contribution in [3.8, 4) is 0 Å². The first-order chi connectivity index (χ1) is 8.31. The number of benzene rings is 1. The molecule has 0 aliphatic rings. The number of carboxylic acids is 1. The van der Waals surface area contributed by atoms with Crippen molar-refractivity contribution in [1.82, 2.24) is 0 Å². The van der Waals surface area contributed by atoms with Crippen molar-refractivity contribution in [2.45, 2.75) is 26.3 Å². The molecule has 0 aliphatic heterocycles. The monoisotopic (exact) mass is 314 g/mol. The van der Waals surface area contributed by atoms with E-state index in [1.807, 2.05) is 26.0 Å². The fraction of sp³-hybridized carbons (Fsp3) is 0.333. The molecule has 5 nitrogen and oxygen atoms in total. The minimum Gasteiger partial charge on any atom is -0.481 e. The summed E-state index contributed by atoms with van der Waals surface area (Å²) in [6.07, 6.45) is -0.388. The van der Waals surface area contributed by atoms with Gasteiger partial charge in [-0.2, -0.15) is 0 Å². The maximum Gasteiger partial charge on any atom is 0.305 e. The first-order valence-corrected chi connectivity index (χ1v) is 6.15. The van der Waals surface area contributed by atoms with E-state index < -0.39 is 17.9 Å². The van der Waals surface area contributed by atoms with Crippen LogP contribution in [0.25, 0.3) is 0 Å². The SMILES string of the molecule is Cc1cc(Br)cc(C)c1NC(=O)C(N)CC(=O)O. The summed E-state index contributed by atoms with van der Waals surface area (Å²) in [5, 5.41) is 11.2. The Morgan fingerprint density at radius 3 is 2.33 bits per heavy atom. The van der Waals surface area contributed by atoms with Crippen LogP contribution in [0.1, 0.15) is 17.5 Å². The van der Waals surface area contributed by atoms with Gasteiger partial charge in [0.2, 0.25) is 5.91 Å². The summed E-state index contributed by atoms with van der Waals surface area (Å²) < 4.78 is 0.922. The first-order valence-electron chi connectivity index (χ1n) is 5.36. The van der Waals surface area contributed by atoms with Gasteiger partial charge in [-0.1, -0.05) is 15.9 Å². The van der Waals surface area contributed by atoms with E-state index in [0.717, 1.165) is 15.6 Å². The van der Waals surface area contributed by atoms with E-state index in [0.29, 0.717) is 5.69 Å². The standard InChI is InChI=1S/C12H15BrN2O3/c1-6-3-8(13)4-7(2)11(6)15-12(18)9(14)5-10(16)17/h3-4,9H,5,14H2,1-2H3,(H,15,18)(H,16,17). The molecule has 0 radical (unpaired) electrons. The van der Waals surface area contributed by atoms with Gasteiger partial charge in [-0.05, 0) is 37.1 Å². The summed E-state index contributed by atoms with van der Waals surface area (Å²) in [5.41, 5.74) is 7.94. The summed E-state index contributed by atoms with van der Waals surface area (Å²) in [6.45, 7) is 3.71. The zero-order valence-electron chi connectivity index (χ0n) is 10.2. The van der Waals surface area contributed by atoms with Crippen LogP contribution in [0.2, 0.25) is 0 Å². The number of nitrogens with one attached hydrogen (secondary N) is 1.